The average Bonchev–Trinajstić information content (AvgIpc) is 3.10. The molecule has 4 rings (SSSR count). The number of halogens is 1. The third-order valence-electron chi connectivity index (χ3n) is 4.99. The summed E-state index contributed by atoms with van der Waals surface area (Å²) in [6.07, 6.45) is 0. The summed E-state index contributed by atoms with van der Waals surface area (Å²) in [7, 11) is 3.27. The summed E-state index contributed by atoms with van der Waals surface area (Å²) in [4.78, 5) is 12.3. The molecule has 0 saturated carbocycles. The summed E-state index contributed by atoms with van der Waals surface area (Å²) in [5, 5.41) is 2.85. The van der Waals surface area contributed by atoms with Gasteiger partial charge in [-0.1, -0.05) is 24.3 Å². The van der Waals surface area contributed by atoms with E-state index in [1.54, 1.807) is 20.2 Å². The predicted octanol–water partition coefficient (Wildman–Crippen LogP) is 4.18. The van der Waals surface area contributed by atoms with Gasteiger partial charge >= 0.3 is 6.03 Å². The molecule has 160 valence electrons. The number of aryl methyl sites for hydroxylation is 1. The molecule has 0 aromatic heterocycles. The Hall–Kier alpha value is -3.62. The molecule has 7 nitrogen and oxygen atoms in total. The highest BCUT2D eigenvalue weighted by Gasteiger charge is 2.28. The Balaban J connectivity index is 1.59. The van der Waals surface area contributed by atoms with Crippen LogP contribution in [0.3, 0.4) is 0 Å². The second kappa shape index (κ2) is 8.63. The van der Waals surface area contributed by atoms with E-state index in [0.29, 0.717) is 17.2 Å². The topological polar surface area (TPSA) is 66.1 Å². The van der Waals surface area contributed by atoms with Crippen molar-refractivity contribution in [3.05, 3.63) is 77.6 Å². The van der Waals surface area contributed by atoms with Gasteiger partial charge in [0.2, 0.25) is 0 Å². The molecule has 1 fully saturated rings. The van der Waals surface area contributed by atoms with E-state index < -0.39 is 0 Å². The lowest BCUT2D eigenvalue weighted by atomic mass is 10.0. The van der Waals surface area contributed by atoms with Crippen LogP contribution >= 0.6 is 0 Å². The van der Waals surface area contributed by atoms with Gasteiger partial charge in [-0.3, -0.25) is 5.43 Å². The lowest BCUT2D eigenvalue weighted by Gasteiger charge is -2.21. The zero-order valence-electron chi connectivity index (χ0n) is 17.5. The fourth-order valence-corrected chi connectivity index (χ4v) is 3.49. The van der Waals surface area contributed by atoms with Gasteiger partial charge in [0, 0.05) is 7.05 Å². The van der Waals surface area contributed by atoms with Crippen LogP contribution in [0, 0.1) is 12.7 Å². The van der Waals surface area contributed by atoms with Crippen molar-refractivity contribution in [2.75, 3.05) is 19.2 Å². The first kappa shape index (κ1) is 20.6. The van der Waals surface area contributed by atoms with Crippen LogP contribution in [0.15, 0.2) is 60.7 Å². The lowest BCUT2D eigenvalue weighted by molar-refractivity contribution is 0.217. The summed E-state index contributed by atoms with van der Waals surface area (Å²) < 4.78 is 25.1. The minimum Gasteiger partial charge on any atom is -0.496 e. The molecule has 1 heterocycles. The number of hydrogen-bond acceptors (Lipinski definition) is 5. The van der Waals surface area contributed by atoms with Crippen LogP contribution in [-0.4, -0.2) is 25.3 Å². The van der Waals surface area contributed by atoms with E-state index in [4.69, 9.17) is 9.47 Å². The van der Waals surface area contributed by atoms with Crippen LogP contribution in [0.25, 0.3) is 11.1 Å². The van der Waals surface area contributed by atoms with E-state index in [2.05, 4.69) is 11.0 Å². The van der Waals surface area contributed by atoms with E-state index in [0.717, 1.165) is 22.3 Å². The molecule has 31 heavy (non-hydrogen) atoms. The molecule has 0 radical (unpaired) electrons. The monoisotopic (exact) mass is 422 g/mol. The molecule has 0 bridgehead atoms. The van der Waals surface area contributed by atoms with Crippen molar-refractivity contribution in [2.45, 2.75) is 13.5 Å². The van der Waals surface area contributed by atoms with E-state index in [1.807, 2.05) is 49.4 Å². The highest BCUT2D eigenvalue weighted by atomic mass is 19.1. The Morgan fingerprint density at radius 2 is 1.77 bits per heavy atom. The van der Waals surface area contributed by atoms with Gasteiger partial charge in [0.15, 0.2) is 0 Å². The fraction of sp³-hybridized carbons (Fsp3) is 0.174. The van der Waals surface area contributed by atoms with E-state index in [9.17, 15) is 9.18 Å². The van der Waals surface area contributed by atoms with Crippen molar-refractivity contribution in [1.29, 1.82) is 0 Å². The zero-order chi connectivity index (χ0) is 22.0. The van der Waals surface area contributed by atoms with Crippen LogP contribution in [0.4, 0.5) is 14.9 Å². The molecule has 3 aromatic carbocycles. The highest BCUT2D eigenvalue weighted by molar-refractivity contribution is 5.93. The van der Waals surface area contributed by atoms with Gasteiger partial charge in [0.25, 0.3) is 0 Å². The Labute approximate surface area is 179 Å². The van der Waals surface area contributed by atoms with Crippen LogP contribution in [0.5, 0.6) is 11.5 Å². The number of benzene rings is 3. The van der Waals surface area contributed by atoms with E-state index in [-0.39, 0.29) is 18.5 Å². The maximum absolute atomic E-state index is 13.6. The SMILES string of the molecule is COc1cccc(N2NN(C)NC2=O)c1COc1ccc(-c2cccc(F)c2)cc1C. The van der Waals surface area contributed by atoms with Crippen LogP contribution in [0.1, 0.15) is 11.1 Å². The van der Waals surface area contributed by atoms with Crippen LogP contribution in [0.2, 0.25) is 0 Å². The van der Waals surface area contributed by atoms with Gasteiger partial charge in [0.05, 0.1) is 18.4 Å². The second-order valence-corrected chi connectivity index (χ2v) is 7.15. The summed E-state index contributed by atoms with van der Waals surface area (Å²) in [5.41, 5.74) is 9.52. The van der Waals surface area contributed by atoms with Crippen molar-refractivity contribution < 1.29 is 18.7 Å². The molecule has 2 amide bonds. The minimum absolute atomic E-state index is 0.189. The van der Waals surface area contributed by atoms with Gasteiger partial charge in [-0.2, -0.15) is 0 Å². The number of methoxy groups -OCH3 is 1. The number of urea groups is 1. The largest absolute Gasteiger partial charge is 0.496 e. The number of carbonyl (C=O) groups is 1. The number of amides is 2. The summed E-state index contributed by atoms with van der Waals surface area (Å²) in [6, 6.07) is 17.3. The molecule has 0 atom stereocenters. The second-order valence-electron chi connectivity index (χ2n) is 7.15. The molecule has 0 unspecified atom stereocenters. The molecular formula is C23H23FN4O3. The molecule has 1 saturated heterocycles. The standard InChI is InChI=1S/C23H23FN4O3/c1-15-12-17(16-6-4-7-18(24)13-16)10-11-21(15)31-14-19-20(8-5-9-22(19)30-3)28-23(29)25-27(2)26-28/h4-13,26H,14H2,1-3H3,(H,25,29). The molecule has 2 N–H and O–H groups in total. The first-order valence-corrected chi connectivity index (χ1v) is 9.72. The summed E-state index contributed by atoms with van der Waals surface area (Å²) >= 11 is 0. The maximum atomic E-state index is 13.6. The number of rotatable bonds is 6. The maximum Gasteiger partial charge on any atom is 0.353 e. The van der Waals surface area contributed by atoms with Gasteiger partial charge in [-0.15, -0.1) is 10.7 Å². The van der Waals surface area contributed by atoms with Crippen molar-refractivity contribution >= 4 is 11.7 Å². The van der Waals surface area contributed by atoms with Crippen molar-refractivity contribution in [2.24, 2.45) is 0 Å². The Morgan fingerprint density at radius 1 is 1.00 bits per heavy atom. The quantitative estimate of drug-likeness (QED) is 0.624. The van der Waals surface area contributed by atoms with Crippen LogP contribution in [-0.2, 0) is 6.61 Å². The molecule has 3 aromatic rings. The number of nitrogens with one attached hydrogen (secondary N) is 2. The molecule has 1 aliphatic heterocycles. The van der Waals surface area contributed by atoms with E-state index in [1.165, 1.54) is 22.3 Å². The van der Waals surface area contributed by atoms with Crippen molar-refractivity contribution in [3.8, 4) is 22.6 Å². The molecular weight excluding hydrogens is 399 g/mol. The number of hydrazine groups is 3. The molecule has 0 aliphatic carbocycles. The third-order valence-corrected chi connectivity index (χ3v) is 4.99. The van der Waals surface area contributed by atoms with Gasteiger partial charge < -0.3 is 9.47 Å². The first-order valence-electron chi connectivity index (χ1n) is 9.72. The smallest absolute Gasteiger partial charge is 0.353 e. The number of nitrogens with zero attached hydrogens (tertiary/aromatic N) is 2. The summed E-state index contributed by atoms with van der Waals surface area (Å²) in [6.45, 7) is 2.13. The van der Waals surface area contributed by atoms with Gasteiger partial charge in [0.1, 0.15) is 23.9 Å². The fourth-order valence-electron chi connectivity index (χ4n) is 3.49. The molecule has 8 heteroatoms. The molecule has 0 spiro atoms. The number of hydrogen-bond donors (Lipinski definition) is 2. The first-order chi connectivity index (χ1) is 15.0. The predicted molar refractivity (Wildman–Crippen MR) is 116 cm³/mol. The number of ether oxygens (including phenoxy) is 2. The minimum atomic E-state index is -0.312. The Bertz CT molecular complexity index is 1120. The normalized spacial score (nSPS) is 13.9. The Kier molecular flexibility index (Phi) is 5.75. The Morgan fingerprint density at radius 3 is 2.45 bits per heavy atom. The van der Waals surface area contributed by atoms with Gasteiger partial charge in [-0.25, -0.2) is 14.2 Å². The third kappa shape index (κ3) is 4.30. The highest BCUT2D eigenvalue weighted by Crippen LogP contribution is 2.32. The zero-order valence-corrected chi connectivity index (χ0v) is 17.5. The summed E-state index contributed by atoms with van der Waals surface area (Å²) in [5.74, 6) is 1.02. The number of anilines is 1. The van der Waals surface area contributed by atoms with Crippen molar-refractivity contribution in [1.82, 2.24) is 16.1 Å². The number of carbonyl (C=O) groups excluding carboxylic acids is 1. The van der Waals surface area contributed by atoms with E-state index >= 15 is 0 Å². The van der Waals surface area contributed by atoms with Crippen LogP contribution < -0.4 is 25.4 Å². The van der Waals surface area contributed by atoms with Gasteiger partial charge in [-0.05, 0) is 60.0 Å². The lowest BCUT2D eigenvalue weighted by Crippen LogP contribution is -2.39. The average molecular weight is 422 g/mol. The molecule has 1 aliphatic rings. The van der Waals surface area contributed by atoms with Crippen molar-refractivity contribution in [3.63, 3.8) is 0 Å².